The highest BCUT2D eigenvalue weighted by Crippen LogP contribution is 2.13. The zero-order valence-electron chi connectivity index (χ0n) is 18.7. The lowest BCUT2D eigenvalue weighted by molar-refractivity contribution is 0.0879. The van der Waals surface area contributed by atoms with Crippen molar-refractivity contribution in [3.05, 3.63) is 35.4 Å². The van der Waals surface area contributed by atoms with Crippen LogP contribution >= 0.6 is 0 Å². The Hall–Kier alpha value is -1.54. The van der Waals surface area contributed by atoms with E-state index < -0.39 is 9.53 Å². The first-order valence-corrected chi connectivity index (χ1v) is 11.7. The summed E-state index contributed by atoms with van der Waals surface area (Å²) in [5, 5.41) is 2.20. The van der Waals surface area contributed by atoms with Crippen molar-refractivity contribution in [3.63, 3.8) is 0 Å². The summed E-state index contributed by atoms with van der Waals surface area (Å²) in [6.07, 6.45) is 13.0. The van der Waals surface area contributed by atoms with Gasteiger partial charge in [-0.2, -0.15) is 0 Å². The van der Waals surface area contributed by atoms with E-state index in [1.807, 2.05) is 0 Å². The number of imide groups is 1. The highest BCUT2D eigenvalue weighted by atomic mass is 28.3. The van der Waals surface area contributed by atoms with E-state index in [2.05, 4.69) is 19.2 Å². The lowest BCUT2D eigenvalue weighted by Crippen LogP contribution is -2.21. The Labute approximate surface area is 178 Å². The Morgan fingerprint density at radius 1 is 0.690 bits per heavy atom. The van der Waals surface area contributed by atoms with Crippen molar-refractivity contribution in [1.29, 1.82) is 0 Å². The van der Waals surface area contributed by atoms with Crippen LogP contribution < -0.4 is 5.32 Å². The molecule has 0 aromatic heterocycles. The summed E-state index contributed by atoms with van der Waals surface area (Å²) in [5.74, 6) is -0.601. The molecule has 2 rings (SSSR count). The SMILES string of the molecule is CCCCCCCCCCC.CO[Si](OC)OC.O=C1NC(=O)c2ccccc21. The fourth-order valence-electron chi connectivity index (χ4n) is 2.75. The molecule has 0 saturated heterocycles. The quantitative estimate of drug-likeness (QED) is 0.307. The average molecular weight is 425 g/mol. The zero-order valence-corrected chi connectivity index (χ0v) is 19.7. The van der Waals surface area contributed by atoms with Crippen LogP contribution in [0.4, 0.5) is 0 Å². The maximum atomic E-state index is 10.9. The molecule has 0 bridgehead atoms. The molecule has 0 fully saturated rings. The highest BCUT2D eigenvalue weighted by Gasteiger charge is 2.25. The van der Waals surface area contributed by atoms with E-state index in [1.54, 1.807) is 45.6 Å². The van der Waals surface area contributed by atoms with Gasteiger partial charge in [0.15, 0.2) is 0 Å². The first-order chi connectivity index (χ1) is 14.0. The van der Waals surface area contributed by atoms with Crippen LogP contribution in [0.3, 0.4) is 0 Å². The van der Waals surface area contributed by atoms with Gasteiger partial charge < -0.3 is 13.3 Å². The molecule has 1 aliphatic rings. The Bertz CT molecular complexity index is 517. The molecular formula is C22H38NO5Si. The molecule has 1 aliphatic heterocycles. The van der Waals surface area contributed by atoms with Crippen LogP contribution in [0.25, 0.3) is 0 Å². The van der Waals surface area contributed by atoms with Gasteiger partial charge in [0.05, 0.1) is 11.1 Å². The van der Waals surface area contributed by atoms with Gasteiger partial charge in [0.1, 0.15) is 0 Å². The first kappa shape index (κ1) is 27.5. The normalized spacial score (nSPS) is 11.9. The van der Waals surface area contributed by atoms with Crippen LogP contribution in [0.1, 0.15) is 92.4 Å². The zero-order chi connectivity index (χ0) is 21.9. The van der Waals surface area contributed by atoms with Gasteiger partial charge in [0.2, 0.25) is 0 Å². The standard InChI is InChI=1S/C11H24.C8H5NO2.C3H9O3Si/c1-3-5-7-9-11-10-8-6-4-2;10-7-5-3-1-2-4-6(5)8(11)9-7;1-4-7(5-2)6-3/h3-11H2,1-2H3;1-4H,(H,9,10,11);1-3H3. The van der Waals surface area contributed by atoms with Gasteiger partial charge in [-0.25, -0.2) is 0 Å². The second-order valence-corrected chi connectivity index (χ2v) is 8.39. The molecule has 1 heterocycles. The summed E-state index contributed by atoms with van der Waals surface area (Å²) in [6, 6.07) is 6.74. The Balaban J connectivity index is 0.000000419. The number of carbonyl (C=O) groups excluding carboxylic acids is 2. The molecule has 29 heavy (non-hydrogen) atoms. The summed E-state index contributed by atoms with van der Waals surface area (Å²) in [7, 11) is 3.31. The van der Waals surface area contributed by atoms with Crippen LogP contribution in [-0.4, -0.2) is 42.7 Å². The van der Waals surface area contributed by atoms with Crippen molar-refractivity contribution in [3.8, 4) is 0 Å². The molecule has 0 spiro atoms. The molecule has 1 N–H and O–H groups in total. The smallest absolute Gasteiger partial charge is 0.375 e. The van der Waals surface area contributed by atoms with Gasteiger partial charge in [-0.3, -0.25) is 14.9 Å². The third-order valence-corrected chi connectivity index (χ3v) is 5.35. The molecule has 0 saturated carbocycles. The second kappa shape index (κ2) is 18.5. The van der Waals surface area contributed by atoms with Gasteiger partial charge in [-0.1, -0.05) is 83.8 Å². The highest BCUT2D eigenvalue weighted by molar-refractivity contribution is 6.36. The van der Waals surface area contributed by atoms with Gasteiger partial charge in [0.25, 0.3) is 11.8 Å². The largest absolute Gasteiger partial charge is 0.576 e. The lowest BCUT2D eigenvalue weighted by Gasteiger charge is -2.02. The molecule has 1 radical (unpaired) electrons. The summed E-state index contributed by atoms with van der Waals surface area (Å²) in [4.78, 5) is 21.9. The fraction of sp³-hybridized carbons (Fsp3) is 0.636. The maximum absolute atomic E-state index is 10.9. The van der Waals surface area contributed by atoms with Crippen molar-refractivity contribution in [1.82, 2.24) is 5.32 Å². The third-order valence-electron chi connectivity index (χ3n) is 4.35. The average Bonchev–Trinajstić information content (AvgIpc) is 3.04. The molecule has 0 unspecified atom stereocenters. The van der Waals surface area contributed by atoms with Crippen LogP contribution in [0.5, 0.6) is 0 Å². The predicted molar refractivity (Wildman–Crippen MR) is 118 cm³/mol. The van der Waals surface area contributed by atoms with Crippen LogP contribution in [0.2, 0.25) is 0 Å². The first-order valence-electron chi connectivity index (χ1n) is 10.5. The Kier molecular flexibility index (Phi) is 17.5. The van der Waals surface area contributed by atoms with E-state index in [-0.39, 0.29) is 11.8 Å². The molecule has 165 valence electrons. The van der Waals surface area contributed by atoms with Gasteiger partial charge >= 0.3 is 9.53 Å². The van der Waals surface area contributed by atoms with Gasteiger partial charge in [-0.05, 0) is 12.1 Å². The molecule has 0 atom stereocenters. The van der Waals surface area contributed by atoms with Crippen molar-refractivity contribution >= 4 is 21.3 Å². The van der Waals surface area contributed by atoms with E-state index in [4.69, 9.17) is 13.3 Å². The predicted octanol–water partition coefficient (Wildman–Crippen LogP) is 5.02. The van der Waals surface area contributed by atoms with E-state index in [0.717, 1.165) is 0 Å². The monoisotopic (exact) mass is 424 g/mol. The van der Waals surface area contributed by atoms with Crippen molar-refractivity contribution in [2.75, 3.05) is 21.3 Å². The molecule has 1 aromatic carbocycles. The molecule has 6 nitrogen and oxygen atoms in total. The second-order valence-electron chi connectivity index (χ2n) is 6.67. The summed E-state index contributed by atoms with van der Waals surface area (Å²) >= 11 is 0. The number of unbranched alkanes of at least 4 members (excludes halogenated alkanes) is 8. The minimum absolute atomic E-state index is 0.300. The van der Waals surface area contributed by atoms with Crippen molar-refractivity contribution in [2.45, 2.75) is 71.6 Å². The number of amides is 2. The fourth-order valence-corrected chi connectivity index (χ4v) is 3.25. The maximum Gasteiger partial charge on any atom is 0.576 e. The number of carbonyl (C=O) groups is 2. The Morgan fingerprint density at radius 2 is 1.03 bits per heavy atom. The minimum atomic E-state index is -1.36. The number of hydrogen-bond donors (Lipinski definition) is 1. The van der Waals surface area contributed by atoms with E-state index >= 15 is 0 Å². The number of rotatable bonds is 11. The van der Waals surface area contributed by atoms with Crippen LogP contribution in [0.15, 0.2) is 24.3 Å². The molecule has 0 aliphatic carbocycles. The van der Waals surface area contributed by atoms with Crippen LogP contribution in [0, 0.1) is 0 Å². The third kappa shape index (κ3) is 12.6. The lowest BCUT2D eigenvalue weighted by atomic mass is 10.1. The number of nitrogens with one attached hydrogen (secondary N) is 1. The molecule has 2 amide bonds. The van der Waals surface area contributed by atoms with Gasteiger partial charge in [-0.15, -0.1) is 0 Å². The molecule has 7 heteroatoms. The van der Waals surface area contributed by atoms with Crippen molar-refractivity contribution in [2.24, 2.45) is 0 Å². The van der Waals surface area contributed by atoms with Crippen LogP contribution in [-0.2, 0) is 13.3 Å². The number of hydrogen-bond acceptors (Lipinski definition) is 5. The number of benzene rings is 1. The van der Waals surface area contributed by atoms with Crippen molar-refractivity contribution < 1.29 is 22.9 Å². The topological polar surface area (TPSA) is 73.9 Å². The number of fused-ring (bicyclic) bond motifs is 1. The van der Waals surface area contributed by atoms with E-state index in [0.29, 0.717) is 11.1 Å². The van der Waals surface area contributed by atoms with E-state index in [1.165, 1.54) is 57.8 Å². The summed E-state index contributed by atoms with van der Waals surface area (Å²) in [5.41, 5.74) is 0.940. The van der Waals surface area contributed by atoms with Gasteiger partial charge in [0, 0.05) is 21.3 Å². The molecule has 1 aromatic rings. The minimum Gasteiger partial charge on any atom is -0.375 e. The summed E-state index contributed by atoms with van der Waals surface area (Å²) < 4.78 is 14.1. The summed E-state index contributed by atoms with van der Waals surface area (Å²) in [6.45, 7) is 4.55. The van der Waals surface area contributed by atoms with E-state index in [9.17, 15) is 9.59 Å². The molecular weight excluding hydrogens is 386 g/mol. The Morgan fingerprint density at radius 3 is 1.31 bits per heavy atom.